The van der Waals surface area contributed by atoms with Gasteiger partial charge in [-0.1, -0.05) is 26.0 Å². The lowest BCUT2D eigenvalue weighted by molar-refractivity contribution is 0.0956. The standard InChI is InChI=1S/C20H21N3O3S2/c1-12(2)27-14(10-21)11-22-19(24)13-7-8-18-16(9-13)23-20(25)15-5-3-4-6-17(15)28(18)26/h3-10,12H,11,21H2,1-2H3,(H,22,24)(H,23,25)/b14-10-. The van der Waals surface area contributed by atoms with Crippen LogP contribution in [0.2, 0.25) is 0 Å². The third-order valence-corrected chi connectivity index (χ3v) is 6.58. The maximum absolute atomic E-state index is 12.9. The minimum Gasteiger partial charge on any atom is -0.404 e. The van der Waals surface area contributed by atoms with E-state index >= 15 is 0 Å². The molecule has 2 aromatic rings. The van der Waals surface area contributed by atoms with Gasteiger partial charge < -0.3 is 16.4 Å². The van der Waals surface area contributed by atoms with Crippen LogP contribution in [0.1, 0.15) is 34.6 Å². The Hall–Kier alpha value is -2.58. The lowest BCUT2D eigenvalue weighted by Gasteiger charge is -2.12. The first-order chi connectivity index (χ1) is 13.4. The van der Waals surface area contributed by atoms with Crippen molar-refractivity contribution in [2.75, 3.05) is 11.9 Å². The van der Waals surface area contributed by atoms with Crippen LogP contribution in [0.5, 0.6) is 0 Å². The van der Waals surface area contributed by atoms with Crippen molar-refractivity contribution in [3.63, 3.8) is 0 Å². The lowest BCUT2D eigenvalue weighted by atomic mass is 10.1. The Morgan fingerprint density at radius 3 is 2.71 bits per heavy atom. The highest BCUT2D eigenvalue weighted by atomic mass is 32.2. The molecule has 0 spiro atoms. The molecule has 2 aromatic carbocycles. The topological polar surface area (TPSA) is 101 Å². The van der Waals surface area contributed by atoms with E-state index in [0.717, 1.165) is 4.91 Å². The molecule has 0 aromatic heterocycles. The van der Waals surface area contributed by atoms with Crippen molar-refractivity contribution in [3.8, 4) is 0 Å². The molecule has 1 unspecified atom stereocenters. The van der Waals surface area contributed by atoms with Crippen LogP contribution in [-0.4, -0.2) is 27.8 Å². The molecule has 0 aliphatic carbocycles. The van der Waals surface area contributed by atoms with E-state index in [0.29, 0.717) is 38.4 Å². The highest BCUT2D eigenvalue weighted by molar-refractivity contribution is 8.03. The van der Waals surface area contributed by atoms with E-state index in [1.165, 1.54) is 6.20 Å². The summed E-state index contributed by atoms with van der Waals surface area (Å²) in [6.45, 7) is 4.41. The fourth-order valence-electron chi connectivity index (χ4n) is 2.77. The number of hydrogen-bond donors (Lipinski definition) is 3. The van der Waals surface area contributed by atoms with Gasteiger partial charge in [-0.25, -0.2) is 4.21 Å². The average Bonchev–Trinajstić information content (AvgIpc) is 2.79. The number of benzene rings is 2. The van der Waals surface area contributed by atoms with E-state index in [1.54, 1.807) is 54.2 Å². The van der Waals surface area contributed by atoms with Gasteiger partial charge in [0.1, 0.15) is 0 Å². The van der Waals surface area contributed by atoms with Crippen molar-refractivity contribution in [2.45, 2.75) is 28.9 Å². The minimum atomic E-state index is -1.51. The zero-order chi connectivity index (χ0) is 20.3. The average molecular weight is 416 g/mol. The summed E-state index contributed by atoms with van der Waals surface area (Å²) in [4.78, 5) is 26.8. The van der Waals surface area contributed by atoms with Gasteiger partial charge in [0.2, 0.25) is 0 Å². The molecule has 8 heteroatoms. The van der Waals surface area contributed by atoms with Gasteiger partial charge in [0, 0.05) is 21.9 Å². The normalized spacial score (nSPS) is 16.0. The van der Waals surface area contributed by atoms with Crippen LogP contribution < -0.4 is 16.4 Å². The second kappa shape index (κ2) is 8.62. The smallest absolute Gasteiger partial charge is 0.256 e. The third-order valence-electron chi connectivity index (χ3n) is 4.02. The number of nitrogens with one attached hydrogen (secondary N) is 2. The largest absolute Gasteiger partial charge is 0.404 e. The second-order valence-corrected chi connectivity index (χ2v) is 9.53. The van der Waals surface area contributed by atoms with Gasteiger partial charge in [-0.2, -0.15) is 0 Å². The highest BCUT2D eigenvalue weighted by Crippen LogP contribution is 2.31. The summed E-state index contributed by atoms with van der Waals surface area (Å²) in [5, 5.41) is 5.93. The van der Waals surface area contributed by atoms with E-state index in [2.05, 4.69) is 10.6 Å². The molecule has 1 heterocycles. The number of carbonyl (C=O) groups excluding carboxylic acids is 2. The number of hydrogen-bond acceptors (Lipinski definition) is 5. The molecule has 0 saturated heterocycles. The van der Waals surface area contributed by atoms with E-state index in [9.17, 15) is 13.8 Å². The van der Waals surface area contributed by atoms with Gasteiger partial charge in [-0.3, -0.25) is 9.59 Å². The molecule has 0 saturated carbocycles. The summed E-state index contributed by atoms with van der Waals surface area (Å²) in [5.41, 5.74) is 6.72. The van der Waals surface area contributed by atoms with Crippen LogP contribution in [0.25, 0.3) is 0 Å². The molecule has 0 bridgehead atoms. The Balaban J connectivity index is 1.82. The molecule has 6 nitrogen and oxygen atoms in total. The number of nitrogens with two attached hydrogens (primary N) is 1. The molecule has 1 atom stereocenters. The quantitative estimate of drug-likeness (QED) is 0.697. The van der Waals surface area contributed by atoms with Gasteiger partial charge in [0.05, 0.1) is 38.4 Å². The number of fused-ring (bicyclic) bond motifs is 2. The molecule has 28 heavy (non-hydrogen) atoms. The van der Waals surface area contributed by atoms with E-state index in [1.807, 2.05) is 13.8 Å². The van der Waals surface area contributed by atoms with Gasteiger partial charge in [0.15, 0.2) is 0 Å². The van der Waals surface area contributed by atoms with Gasteiger partial charge in [-0.15, -0.1) is 11.8 Å². The number of rotatable bonds is 5. The molecule has 4 N–H and O–H groups in total. The van der Waals surface area contributed by atoms with E-state index < -0.39 is 10.8 Å². The zero-order valence-corrected chi connectivity index (χ0v) is 17.2. The third kappa shape index (κ3) is 4.28. The monoisotopic (exact) mass is 415 g/mol. The van der Waals surface area contributed by atoms with Gasteiger partial charge in [0.25, 0.3) is 11.8 Å². The SMILES string of the molecule is CC(C)S/C(=C\N)CNC(=O)c1ccc2c(c1)NC(=O)c1ccccc1S2=O. The Bertz CT molecular complexity index is 986. The fourth-order valence-corrected chi connectivity index (χ4v) is 4.91. The van der Waals surface area contributed by atoms with Crippen LogP contribution in [-0.2, 0) is 10.8 Å². The summed E-state index contributed by atoms with van der Waals surface area (Å²) in [6, 6.07) is 11.5. The Kier molecular flexibility index (Phi) is 6.21. The van der Waals surface area contributed by atoms with Crippen molar-refractivity contribution in [3.05, 3.63) is 64.7 Å². The molecular weight excluding hydrogens is 394 g/mol. The first-order valence-corrected chi connectivity index (χ1v) is 10.8. The fraction of sp³-hybridized carbons (Fsp3) is 0.200. The number of amides is 2. The predicted octanol–water partition coefficient (Wildman–Crippen LogP) is 3.09. The van der Waals surface area contributed by atoms with Crippen molar-refractivity contribution < 1.29 is 13.8 Å². The number of carbonyl (C=O) groups is 2. The molecule has 0 fully saturated rings. The molecular formula is C20H21N3O3S2. The Morgan fingerprint density at radius 2 is 2.00 bits per heavy atom. The summed E-state index contributed by atoms with van der Waals surface area (Å²) in [6.07, 6.45) is 1.49. The predicted molar refractivity (Wildman–Crippen MR) is 113 cm³/mol. The van der Waals surface area contributed by atoms with Crippen LogP contribution in [0.3, 0.4) is 0 Å². The maximum atomic E-state index is 12.9. The van der Waals surface area contributed by atoms with E-state index in [4.69, 9.17) is 5.73 Å². The first-order valence-electron chi connectivity index (χ1n) is 8.72. The van der Waals surface area contributed by atoms with Crippen LogP contribution >= 0.6 is 11.8 Å². The lowest BCUT2D eigenvalue weighted by Crippen LogP contribution is -2.26. The van der Waals surface area contributed by atoms with E-state index in [-0.39, 0.29) is 11.8 Å². The summed E-state index contributed by atoms with van der Waals surface area (Å²) < 4.78 is 12.9. The van der Waals surface area contributed by atoms with Crippen molar-refractivity contribution >= 4 is 40.1 Å². The second-order valence-electron chi connectivity index (χ2n) is 6.41. The van der Waals surface area contributed by atoms with Crippen molar-refractivity contribution in [1.29, 1.82) is 0 Å². The Labute approximate surface area is 170 Å². The van der Waals surface area contributed by atoms with Crippen LogP contribution in [0.15, 0.2) is 63.4 Å². The number of thioether (sulfide) groups is 1. The zero-order valence-electron chi connectivity index (χ0n) is 15.5. The summed E-state index contributed by atoms with van der Waals surface area (Å²) in [5.74, 6) is -0.643. The van der Waals surface area contributed by atoms with Gasteiger partial charge >= 0.3 is 0 Å². The summed E-state index contributed by atoms with van der Waals surface area (Å²) in [7, 11) is -1.51. The van der Waals surface area contributed by atoms with Crippen LogP contribution in [0.4, 0.5) is 5.69 Å². The first kappa shape index (κ1) is 20.2. The molecule has 1 aliphatic rings. The molecule has 0 radical (unpaired) electrons. The molecule has 1 aliphatic heterocycles. The minimum absolute atomic E-state index is 0.298. The summed E-state index contributed by atoms with van der Waals surface area (Å²) >= 11 is 1.58. The van der Waals surface area contributed by atoms with Crippen LogP contribution in [0, 0.1) is 0 Å². The maximum Gasteiger partial charge on any atom is 0.256 e. The van der Waals surface area contributed by atoms with Crippen molar-refractivity contribution in [1.82, 2.24) is 5.32 Å². The Morgan fingerprint density at radius 1 is 1.25 bits per heavy atom. The highest BCUT2D eigenvalue weighted by Gasteiger charge is 2.25. The molecule has 146 valence electrons. The van der Waals surface area contributed by atoms with Gasteiger partial charge in [-0.05, 0) is 30.3 Å². The van der Waals surface area contributed by atoms with Crippen molar-refractivity contribution in [2.24, 2.45) is 5.73 Å². The molecule has 3 rings (SSSR count). The number of anilines is 1. The molecule has 2 amide bonds.